The van der Waals surface area contributed by atoms with Crippen LogP contribution in [0.1, 0.15) is 0 Å². The lowest BCUT2D eigenvalue weighted by Gasteiger charge is -1.87. The molecular formula is C2H6AlN4. The summed E-state index contributed by atoms with van der Waals surface area (Å²) in [5, 5.41) is 13.2. The predicted octanol–water partition coefficient (Wildman–Crippen LogP) is -1.52. The maximum absolute atomic E-state index is 6.62. The third-order valence-electron chi connectivity index (χ3n) is 0.311. The van der Waals surface area contributed by atoms with Gasteiger partial charge in [-0.2, -0.15) is 0 Å². The Morgan fingerprint density at radius 1 is 1.14 bits per heavy atom. The zero-order chi connectivity index (χ0) is 5.86. The van der Waals surface area contributed by atoms with E-state index in [1.54, 1.807) is 0 Å². The van der Waals surface area contributed by atoms with Gasteiger partial charge in [0.05, 0.1) is 0 Å². The van der Waals surface area contributed by atoms with E-state index in [2.05, 4.69) is 0 Å². The van der Waals surface area contributed by atoms with Gasteiger partial charge in [0.25, 0.3) is 0 Å². The molecule has 0 aromatic heterocycles. The van der Waals surface area contributed by atoms with Crippen molar-refractivity contribution >= 4 is 24.6 Å². The fourth-order valence-electron chi connectivity index (χ4n) is 0.168. The summed E-state index contributed by atoms with van der Waals surface area (Å²) in [4.78, 5) is 0. The van der Waals surface area contributed by atoms with Gasteiger partial charge in [-0.05, 0) is 0 Å². The van der Waals surface area contributed by atoms with Gasteiger partial charge in [-0.1, -0.05) is 0 Å². The van der Waals surface area contributed by atoms with Crippen LogP contribution in [0.5, 0.6) is 0 Å². The molecule has 0 amide bonds. The molecule has 0 aromatic carbocycles. The van der Waals surface area contributed by atoms with E-state index < -0.39 is 15.2 Å². The highest BCUT2D eigenvalue weighted by Crippen LogP contribution is 1.52. The highest BCUT2D eigenvalue weighted by Gasteiger charge is 1.95. The van der Waals surface area contributed by atoms with Crippen molar-refractivity contribution in [2.24, 2.45) is 11.5 Å². The van der Waals surface area contributed by atoms with Crippen molar-refractivity contribution in [3.63, 3.8) is 0 Å². The second kappa shape index (κ2) is 2.61. The summed E-state index contributed by atoms with van der Waals surface area (Å²) in [5.74, 6) is 0. The second-order valence-electron chi connectivity index (χ2n) is 1.06. The zero-order valence-electron chi connectivity index (χ0n) is 3.73. The monoisotopic (exact) mass is 113 g/mol. The molecule has 0 saturated carbocycles. The van der Waals surface area contributed by atoms with E-state index in [4.69, 9.17) is 22.3 Å². The molecule has 1 radical (unpaired) electrons. The van der Waals surface area contributed by atoms with Crippen LogP contribution in [0.25, 0.3) is 0 Å². The maximum Gasteiger partial charge on any atom is 0.413 e. The molecule has 4 nitrogen and oxygen atoms in total. The lowest BCUT2D eigenvalue weighted by atomic mass is 11.3. The molecule has 0 bridgehead atoms. The molecule has 7 heavy (non-hydrogen) atoms. The molecule has 0 aromatic rings. The van der Waals surface area contributed by atoms with Crippen LogP contribution >= 0.6 is 0 Å². The molecular weight excluding hydrogens is 107 g/mol. The van der Waals surface area contributed by atoms with Crippen molar-refractivity contribution in [3.05, 3.63) is 0 Å². The van der Waals surface area contributed by atoms with Crippen LogP contribution < -0.4 is 11.5 Å². The molecule has 0 spiro atoms. The maximum atomic E-state index is 6.62. The Hall–Kier alpha value is -0.528. The highest BCUT2D eigenvalue weighted by molar-refractivity contribution is 6.97. The number of hydrogen-bond donors (Lipinski definition) is 4. The van der Waals surface area contributed by atoms with Crippen LogP contribution in [0, 0.1) is 10.8 Å². The minimum atomic E-state index is -0.565. The first-order valence-corrected chi connectivity index (χ1v) is 2.81. The molecule has 0 heterocycles. The van der Waals surface area contributed by atoms with Gasteiger partial charge in [0.2, 0.25) is 0 Å². The van der Waals surface area contributed by atoms with E-state index in [-0.39, 0.29) is 9.40 Å². The smallest absolute Gasteiger partial charge is 0.403 e. The summed E-state index contributed by atoms with van der Waals surface area (Å²) in [7, 11) is 0. The third kappa shape index (κ3) is 5.47. The SMILES string of the molecule is N=[C](N)[Al][C](=N)N. The van der Waals surface area contributed by atoms with Crippen molar-refractivity contribution in [2.75, 3.05) is 0 Å². The summed E-state index contributed by atoms with van der Waals surface area (Å²) in [5.41, 5.74) is 9.79. The predicted molar refractivity (Wildman–Crippen MR) is 29.6 cm³/mol. The van der Waals surface area contributed by atoms with Gasteiger partial charge in [0, 0.05) is 9.40 Å². The second-order valence-corrected chi connectivity index (χ2v) is 2.59. The molecule has 6 N–H and O–H groups in total. The van der Waals surface area contributed by atoms with Crippen molar-refractivity contribution in [3.8, 4) is 0 Å². The van der Waals surface area contributed by atoms with Gasteiger partial charge in [0.1, 0.15) is 0 Å². The Bertz CT molecular complexity index is 85.9. The summed E-state index contributed by atoms with van der Waals surface area (Å²) < 4.78 is 0.0417. The fraction of sp³-hybridized carbons (Fsp3) is 0. The van der Waals surface area contributed by atoms with Gasteiger partial charge in [-0.15, -0.1) is 0 Å². The van der Waals surface area contributed by atoms with Gasteiger partial charge >= 0.3 is 15.2 Å². The Kier molecular flexibility index (Phi) is 2.42. The summed E-state index contributed by atoms with van der Waals surface area (Å²) in [6, 6.07) is 0. The first-order chi connectivity index (χ1) is 3.13. The van der Waals surface area contributed by atoms with Crippen molar-refractivity contribution in [2.45, 2.75) is 0 Å². The van der Waals surface area contributed by atoms with E-state index in [0.717, 1.165) is 0 Å². The fourth-order valence-corrected chi connectivity index (χ4v) is 0.503. The van der Waals surface area contributed by atoms with E-state index >= 15 is 0 Å². The average molecular weight is 113 g/mol. The summed E-state index contributed by atoms with van der Waals surface area (Å²) in [6.07, 6.45) is 0. The number of nitrogens with one attached hydrogen (secondary N) is 2. The Balaban J connectivity index is 3.32. The standard InChI is InChI=1S/2CH3N2.Al/c2*2-1-3;/h2*(H3,2,3);. The molecule has 0 aliphatic carbocycles. The van der Waals surface area contributed by atoms with Crippen molar-refractivity contribution in [1.82, 2.24) is 0 Å². The average Bonchev–Trinajstić information content (AvgIpc) is 1.27. The normalized spacial score (nSPS) is 7.43. The van der Waals surface area contributed by atoms with Crippen LogP contribution in [-0.4, -0.2) is 24.6 Å². The number of rotatable bonds is 2. The van der Waals surface area contributed by atoms with Gasteiger partial charge in [-0.3, -0.25) is 0 Å². The number of hydrogen-bond acceptors (Lipinski definition) is 2. The summed E-state index contributed by atoms with van der Waals surface area (Å²) in [6.45, 7) is 0. The minimum Gasteiger partial charge on any atom is -0.403 e. The van der Waals surface area contributed by atoms with Crippen LogP contribution in [0.4, 0.5) is 0 Å². The Morgan fingerprint density at radius 3 is 1.43 bits per heavy atom. The molecule has 0 aliphatic heterocycles. The van der Waals surface area contributed by atoms with Crippen molar-refractivity contribution < 1.29 is 0 Å². The van der Waals surface area contributed by atoms with Crippen LogP contribution in [0.3, 0.4) is 0 Å². The number of nitrogens with two attached hydrogens (primary N) is 2. The molecule has 0 fully saturated rings. The Labute approximate surface area is 47.6 Å². The summed E-state index contributed by atoms with van der Waals surface area (Å²) >= 11 is -0.565. The van der Waals surface area contributed by atoms with Gasteiger partial charge in [0.15, 0.2) is 0 Å². The molecule has 0 aliphatic rings. The lowest BCUT2D eigenvalue weighted by Crippen LogP contribution is -2.30. The topological polar surface area (TPSA) is 99.7 Å². The third-order valence-corrected chi connectivity index (χ3v) is 0.933. The zero-order valence-corrected chi connectivity index (χ0v) is 4.89. The first-order valence-electron chi connectivity index (χ1n) is 1.65. The molecule has 0 saturated heterocycles. The number of amidine groups is 2. The largest absolute Gasteiger partial charge is 0.413 e. The molecule has 37 valence electrons. The van der Waals surface area contributed by atoms with E-state index in [1.165, 1.54) is 0 Å². The molecule has 5 heteroatoms. The van der Waals surface area contributed by atoms with E-state index in [0.29, 0.717) is 0 Å². The first kappa shape index (κ1) is 6.47. The Morgan fingerprint density at radius 2 is 1.43 bits per heavy atom. The quantitative estimate of drug-likeness (QED) is 0.198. The highest BCUT2D eigenvalue weighted by atomic mass is 27.1. The molecule has 0 rings (SSSR count). The van der Waals surface area contributed by atoms with Crippen molar-refractivity contribution in [1.29, 1.82) is 10.8 Å². The van der Waals surface area contributed by atoms with E-state index in [9.17, 15) is 0 Å². The lowest BCUT2D eigenvalue weighted by molar-refractivity contribution is 1.48. The van der Waals surface area contributed by atoms with Crippen LogP contribution in [0.15, 0.2) is 0 Å². The van der Waals surface area contributed by atoms with Gasteiger partial charge in [-0.25, -0.2) is 0 Å². The molecule has 0 atom stereocenters. The van der Waals surface area contributed by atoms with Gasteiger partial charge < -0.3 is 22.3 Å². The van der Waals surface area contributed by atoms with Crippen LogP contribution in [-0.2, 0) is 0 Å². The van der Waals surface area contributed by atoms with Crippen LogP contribution in [0.2, 0.25) is 0 Å². The molecule has 0 unspecified atom stereocenters. The minimum absolute atomic E-state index is 0.0208. The van der Waals surface area contributed by atoms with E-state index in [1.807, 2.05) is 0 Å².